The highest BCUT2D eigenvalue weighted by molar-refractivity contribution is 5.86. The maximum atomic E-state index is 11.7. The Morgan fingerprint density at radius 3 is 2.73 bits per heavy atom. The lowest BCUT2D eigenvalue weighted by Crippen LogP contribution is -2.29. The third-order valence-corrected chi connectivity index (χ3v) is 3.48. The van der Waals surface area contributed by atoms with Crippen LogP contribution in [0.3, 0.4) is 0 Å². The smallest absolute Gasteiger partial charge is 0.164 e. The number of benzene rings is 1. The lowest BCUT2D eigenvalue weighted by atomic mass is 9.88. The lowest BCUT2D eigenvalue weighted by molar-refractivity contribution is -0.124. The van der Waals surface area contributed by atoms with E-state index in [-0.39, 0.29) is 18.1 Å². The van der Waals surface area contributed by atoms with Crippen molar-refractivity contribution in [1.82, 2.24) is 0 Å². The summed E-state index contributed by atoms with van der Waals surface area (Å²) in [5.74, 6) is 0.587. The molecule has 0 radical (unpaired) electrons. The number of carbonyl (C=O) groups excluding carboxylic acids is 1. The van der Waals surface area contributed by atoms with Crippen LogP contribution in [0.2, 0.25) is 0 Å². The van der Waals surface area contributed by atoms with Crippen LogP contribution in [-0.2, 0) is 9.53 Å². The predicted molar refractivity (Wildman–Crippen MR) is 56.7 cm³/mol. The van der Waals surface area contributed by atoms with Crippen LogP contribution in [0.4, 0.5) is 0 Å². The molecule has 1 aromatic carbocycles. The average Bonchev–Trinajstić information content (AvgIpc) is 2.57. The van der Waals surface area contributed by atoms with E-state index in [0.717, 1.165) is 12.8 Å². The molecule has 0 saturated carbocycles. The average molecular weight is 202 g/mol. The number of carbonyl (C=O) groups is 1. The van der Waals surface area contributed by atoms with Crippen LogP contribution in [0.25, 0.3) is 0 Å². The van der Waals surface area contributed by atoms with Gasteiger partial charge in [-0.15, -0.1) is 0 Å². The van der Waals surface area contributed by atoms with Crippen LogP contribution in [0.1, 0.15) is 30.7 Å². The van der Waals surface area contributed by atoms with Crippen molar-refractivity contribution in [2.75, 3.05) is 0 Å². The molecule has 2 bridgehead atoms. The minimum absolute atomic E-state index is 0.161. The highest BCUT2D eigenvalue weighted by Crippen LogP contribution is 2.39. The molecule has 2 saturated heterocycles. The van der Waals surface area contributed by atoms with Crippen molar-refractivity contribution < 1.29 is 9.53 Å². The Morgan fingerprint density at radius 1 is 1.13 bits per heavy atom. The third kappa shape index (κ3) is 1.49. The van der Waals surface area contributed by atoms with Crippen LogP contribution >= 0.6 is 0 Å². The van der Waals surface area contributed by atoms with Gasteiger partial charge in [-0.1, -0.05) is 30.3 Å². The van der Waals surface area contributed by atoms with E-state index >= 15 is 0 Å². The Bertz CT molecular complexity index is 371. The third-order valence-electron chi connectivity index (χ3n) is 3.48. The SMILES string of the molecule is O=C1C[C@@H]2CC[C@H](c3ccccc3)[C@H]1O2. The van der Waals surface area contributed by atoms with Gasteiger partial charge in [0.25, 0.3) is 0 Å². The normalized spacial score (nSPS) is 34.4. The second-order valence-electron chi connectivity index (χ2n) is 4.44. The van der Waals surface area contributed by atoms with E-state index in [4.69, 9.17) is 4.74 Å². The highest BCUT2D eigenvalue weighted by atomic mass is 16.5. The largest absolute Gasteiger partial charge is 0.366 e. The molecule has 3 atom stereocenters. The van der Waals surface area contributed by atoms with E-state index in [1.54, 1.807) is 0 Å². The number of Topliss-reactive ketones (excluding diaryl/α,β-unsaturated/α-hetero) is 1. The van der Waals surface area contributed by atoms with Crippen LogP contribution in [0, 0.1) is 0 Å². The summed E-state index contributed by atoms with van der Waals surface area (Å²) >= 11 is 0. The van der Waals surface area contributed by atoms with Gasteiger partial charge in [0.05, 0.1) is 6.10 Å². The molecule has 0 amide bonds. The molecule has 2 heterocycles. The Hall–Kier alpha value is -1.15. The molecule has 2 aliphatic rings. The van der Waals surface area contributed by atoms with Crippen molar-refractivity contribution in [2.45, 2.75) is 37.4 Å². The molecule has 78 valence electrons. The summed E-state index contributed by atoms with van der Waals surface area (Å²) in [4.78, 5) is 11.7. The Morgan fingerprint density at radius 2 is 1.93 bits per heavy atom. The van der Waals surface area contributed by atoms with Gasteiger partial charge in [-0.3, -0.25) is 4.79 Å². The summed E-state index contributed by atoms with van der Waals surface area (Å²) in [6.45, 7) is 0. The number of hydrogen-bond donors (Lipinski definition) is 0. The van der Waals surface area contributed by atoms with E-state index in [2.05, 4.69) is 12.1 Å². The molecule has 2 aliphatic heterocycles. The number of ketones is 1. The molecule has 2 nitrogen and oxygen atoms in total. The van der Waals surface area contributed by atoms with Crippen molar-refractivity contribution in [3.8, 4) is 0 Å². The topological polar surface area (TPSA) is 26.3 Å². The fraction of sp³-hybridized carbons (Fsp3) is 0.462. The van der Waals surface area contributed by atoms with Gasteiger partial charge in [-0.2, -0.15) is 0 Å². The quantitative estimate of drug-likeness (QED) is 0.698. The zero-order valence-electron chi connectivity index (χ0n) is 8.56. The Balaban J connectivity index is 1.91. The molecule has 0 unspecified atom stereocenters. The van der Waals surface area contributed by atoms with Crippen LogP contribution in [-0.4, -0.2) is 18.0 Å². The van der Waals surface area contributed by atoms with E-state index in [1.807, 2.05) is 18.2 Å². The monoisotopic (exact) mass is 202 g/mol. The first kappa shape index (κ1) is 9.10. The summed E-state index contributed by atoms with van der Waals surface area (Å²) in [5.41, 5.74) is 1.25. The van der Waals surface area contributed by atoms with E-state index in [9.17, 15) is 4.79 Å². The van der Waals surface area contributed by atoms with Gasteiger partial charge in [-0.05, 0) is 18.4 Å². The first-order chi connectivity index (χ1) is 7.34. The van der Waals surface area contributed by atoms with E-state index < -0.39 is 0 Å². The van der Waals surface area contributed by atoms with Crippen molar-refractivity contribution in [3.63, 3.8) is 0 Å². The van der Waals surface area contributed by atoms with E-state index in [0.29, 0.717) is 12.2 Å². The van der Waals surface area contributed by atoms with Gasteiger partial charge < -0.3 is 4.74 Å². The van der Waals surface area contributed by atoms with Gasteiger partial charge in [0.15, 0.2) is 5.78 Å². The maximum absolute atomic E-state index is 11.7. The molecule has 1 aromatic rings. The summed E-state index contributed by atoms with van der Waals surface area (Å²) < 4.78 is 5.73. The van der Waals surface area contributed by atoms with Gasteiger partial charge in [-0.25, -0.2) is 0 Å². The summed E-state index contributed by atoms with van der Waals surface area (Å²) in [6, 6.07) is 10.3. The maximum Gasteiger partial charge on any atom is 0.164 e. The number of ether oxygens (including phenoxy) is 1. The van der Waals surface area contributed by atoms with Gasteiger partial charge in [0, 0.05) is 12.3 Å². The molecule has 0 aliphatic carbocycles. The predicted octanol–water partition coefficient (Wildman–Crippen LogP) is 2.29. The lowest BCUT2D eigenvalue weighted by Gasteiger charge is -2.28. The van der Waals surface area contributed by atoms with Crippen LogP contribution in [0.5, 0.6) is 0 Å². The first-order valence-corrected chi connectivity index (χ1v) is 5.58. The van der Waals surface area contributed by atoms with Crippen LogP contribution < -0.4 is 0 Å². The zero-order valence-corrected chi connectivity index (χ0v) is 8.56. The van der Waals surface area contributed by atoms with Crippen molar-refractivity contribution in [3.05, 3.63) is 35.9 Å². The van der Waals surface area contributed by atoms with Crippen molar-refractivity contribution >= 4 is 5.78 Å². The molecule has 2 fully saturated rings. The Labute approximate surface area is 89.2 Å². The molecular formula is C13H14O2. The standard InChI is InChI=1S/C13H14O2/c14-12-8-10-6-7-11(13(12)15-10)9-4-2-1-3-5-9/h1-5,10-11,13H,6-8H2/t10-,11+,13+/m0/s1. The van der Waals surface area contributed by atoms with Crippen molar-refractivity contribution in [1.29, 1.82) is 0 Å². The molecule has 0 aromatic heterocycles. The van der Waals surface area contributed by atoms with Crippen molar-refractivity contribution in [2.24, 2.45) is 0 Å². The second-order valence-corrected chi connectivity index (χ2v) is 4.44. The molecule has 0 N–H and O–H groups in total. The molecule has 3 rings (SSSR count). The summed E-state index contributed by atoms with van der Waals surface area (Å²) in [7, 11) is 0. The minimum atomic E-state index is -0.161. The zero-order chi connectivity index (χ0) is 10.3. The molecular weight excluding hydrogens is 188 g/mol. The second kappa shape index (κ2) is 3.46. The molecule has 2 heteroatoms. The summed E-state index contributed by atoms with van der Waals surface area (Å²) in [6.07, 6.45) is 2.80. The molecule has 0 spiro atoms. The first-order valence-electron chi connectivity index (χ1n) is 5.58. The van der Waals surface area contributed by atoms with E-state index in [1.165, 1.54) is 5.56 Å². The fourth-order valence-corrected chi connectivity index (χ4v) is 2.72. The fourth-order valence-electron chi connectivity index (χ4n) is 2.72. The number of rotatable bonds is 1. The molecule has 15 heavy (non-hydrogen) atoms. The van der Waals surface area contributed by atoms with Gasteiger partial charge >= 0.3 is 0 Å². The van der Waals surface area contributed by atoms with Gasteiger partial charge in [0.2, 0.25) is 0 Å². The van der Waals surface area contributed by atoms with Crippen LogP contribution in [0.15, 0.2) is 30.3 Å². The minimum Gasteiger partial charge on any atom is -0.366 e. The number of hydrogen-bond acceptors (Lipinski definition) is 2. The summed E-state index contributed by atoms with van der Waals surface area (Å²) in [5, 5.41) is 0. The number of fused-ring (bicyclic) bond motifs is 2. The van der Waals surface area contributed by atoms with Gasteiger partial charge in [0.1, 0.15) is 6.10 Å². The Kier molecular flexibility index (Phi) is 2.10. The highest BCUT2D eigenvalue weighted by Gasteiger charge is 2.43.